The molecule has 102 valence electrons. The van der Waals surface area contributed by atoms with Crippen LogP contribution in [0.4, 0.5) is 4.79 Å². The monoisotopic (exact) mass is 257 g/mol. The fraction of sp³-hybridized carbons (Fsp3) is 0.727. The molecule has 2 amide bonds. The summed E-state index contributed by atoms with van der Waals surface area (Å²) in [7, 11) is 0. The minimum absolute atomic E-state index is 0.136. The van der Waals surface area contributed by atoms with E-state index in [1.165, 1.54) is 0 Å². The Hall–Kier alpha value is -1.79. The molecule has 1 rings (SSSR count). The Bertz CT molecular complexity index is 349. The lowest BCUT2D eigenvalue weighted by atomic mass is 10.2. The van der Waals surface area contributed by atoms with E-state index in [0.29, 0.717) is 19.5 Å². The molecule has 7 nitrogen and oxygen atoms in total. The molecule has 2 N–H and O–H groups in total. The van der Waals surface area contributed by atoms with E-state index in [1.54, 1.807) is 25.7 Å². The topological polar surface area (TPSA) is 91.2 Å². The Labute approximate surface area is 106 Å². The second-order valence-electron chi connectivity index (χ2n) is 5.17. The predicted molar refractivity (Wildman–Crippen MR) is 64.6 cm³/mol. The third-order valence-corrected chi connectivity index (χ3v) is 2.36. The molecule has 1 heterocycles. The summed E-state index contributed by atoms with van der Waals surface area (Å²) < 4.78 is 5.23. The molecule has 0 aromatic rings. The number of carbonyl (C=O) groups is 2. The second-order valence-corrected chi connectivity index (χ2v) is 5.17. The van der Waals surface area contributed by atoms with Gasteiger partial charge in [-0.25, -0.2) is 4.79 Å². The number of rotatable bonds is 2. The first-order chi connectivity index (χ1) is 8.31. The Balaban J connectivity index is 2.41. The summed E-state index contributed by atoms with van der Waals surface area (Å²) in [4.78, 5) is 24.4. The summed E-state index contributed by atoms with van der Waals surface area (Å²) in [6.07, 6.45) is 1.07. The molecule has 0 spiro atoms. The van der Waals surface area contributed by atoms with Gasteiger partial charge in [0.25, 0.3) is 5.91 Å². The molecule has 1 unspecified atom stereocenters. The SMILES string of the molecule is CC(C)(C)OC(=O)N1CCC(NC(=O)/C=N/O)C1. The van der Waals surface area contributed by atoms with Crippen LogP contribution in [-0.2, 0) is 9.53 Å². The average Bonchev–Trinajstić information content (AvgIpc) is 2.63. The number of likely N-dealkylation sites (tertiary alicyclic amines) is 1. The highest BCUT2D eigenvalue weighted by Crippen LogP contribution is 2.15. The van der Waals surface area contributed by atoms with Crippen molar-refractivity contribution in [3.8, 4) is 0 Å². The zero-order chi connectivity index (χ0) is 13.8. The molecule has 1 fully saturated rings. The summed E-state index contributed by atoms with van der Waals surface area (Å²) in [6.45, 7) is 6.35. The van der Waals surface area contributed by atoms with Crippen molar-refractivity contribution < 1.29 is 19.5 Å². The Kier molecular flexibility index (Phi) is 4.52. The summed E-state index contributed by atoms with van der Waals surface area (Å²) >= 11 is 0. The minimum atomic E-state index is -0.526. The molecule has 0 aliphatic carbocycles. The zero-order valence-electron chi connectivity index (χ0n) is 10.8. The van der Waals surface area contributed by atoms with Crippen molar-refractivity contribution >= 4 is 18.2 Å². The van der Waals surface area contributed by atoms with Crippen LogP contribution in [0.1, 0.15) is 27.2 Å². The number of nitrogens with zero attached hydrogens (tertiary/aromatic N) is 2. The van der Waals surface area contributed by atoms with Gasteiger partial charge in [0.2, 0.25) is 0 Å². The standard InChI is InChI=1S/C11H19N3O4/c1-11(2,3)18-10(16)14-5-4-8(7-14)13-9(15)6-12-17/h6,8,17H,4-5,7H2,1-3H3,(H,13,15)/b12-6+. The van der Waals surface area contributed by atoms with Crippen LogP contribution in [0.2, 0.25) is 0 Å². The van der Waals surface area contributed by atoms with Gasteiger partial charge in [-0.3, -0.25) is 4.79 Å². The summed E-state index contributed by atoms with van der Waals surface area (Å²) in [5.74, 6) is -0.478. The summed E-state index contributed by atoms with van der Waals surface area (Å²) in [5.41, 5.74) is -0.526. The maximum Gasteiger partial charge on any atom is 0.410 e. The molecule has 1 aliphatic heterocycles. The van der Waals surface area contributed by atoms with Gasteiger partial charge in [0.15, 0.2) is 0 Å². The van der Waals surface area contributed by atoms with Gasteiger partial charge >= 0.3 is 6.09 Å². The molecule has 18 heavy (non-hydrogen) atoms. The maximum absolute atomic E-state index is 11.7. The lowest BCUT2D eigenvalue weighted by Gasteiger charge is -2.24. The highest BCUT2D eigenvalue weighted by atomic mass is 16.6. The molecular formula is C11H19N3O4. The Morgan fingerprint density at radius 3 is 2.72 bits per heavy atom. The van der Waals surface area contributed by atoms with Crippen LogP contribution in [0.5, 0.6) is 0 Å². The third kappa shape index (κ3) is 4.60. The van der Waals surface area contributed by atoms with Crippen molar-refractivity contribution in [2.45, 2.75) is 38.8 Å². The van der Waals surface area contributed by atoms with Crippen molar-refractivity contribution in [2.24, 2.45) is 5.16 Å². The molecule has 1 saturated heterocycles. The first kappa shape index (κ1) is 14.3. The largest absolute Gasteiger partial charge is 0.444 e. The molecular weight excluding hydrogens is 238 g/mol. The van der Waals surface area contributed by atoms with Crippen LogP contribution in [0.15, 0.2) is 5.16 Å². The van der Waals surface area contributed by atoms with Crippen LogP contribution in [-0.4, -0.2) is 53.1 Å². The molecule has 1 atom stereocenters. The molecule has 1 aliphatic rings. The lowest BCUT2D eigenvalue weighted by Crippen LogP contribution is -2.40. The van der Waals surface area contributed by atoms with Crippen molar-refractivity contribution in [3.05, 3.63) is 0 Å². The van der Waals surface area contributed by atoms with Crippen LogP contribution < -0.4 is 5.32 Å². The van der Waals surface area contributed by atoms with Crippen molar-refractivity contribution in [2.75, 3.05) is 13.1 Å². The van der Waals surface area contributed by atoms with Crippen molar-refractivity contribution in [3.63, 3.8) is 0 Å². The molecule has 7 heteroatoms. The van der Waals surface area contributed by atoms with Crippen molar-refractivity contribution in [1.29, 1.82) is 0 Å². The van der Waals surface area contributed by atoms with E-state index in [9.17, 15) is 9.59 Å². The van der Waals surface area contributed by atoms with Gasteiger partial charge in [0, 0.05) is 19.1 Å². The number of oxime groups is 1. The predicted octanol–water partition coefficient (Wildman–Crippen LogP) is 0.572. The summed E-state index contributed by atoms with van der Waals surface area (Å²) in [5, 5.41) is 13.5. The summed E-state index contributed by atoms with van der Waals surface area (Å²) in [6, 6.07) is -0.136. The van der Waals surface area contributed by atoms with Gasteiger partial charge in [0.05, 0.1) is 0 Å². The quantitative estimate of drug-likeness (QED) is 0.430. The third-order valence-electron chi connectivity index (χ3n) is 2.36. The number of hydrogen-bond donors (Lipinski definition) is 2. The number of nitrogens with one attached hydrogen (secondary N) is 1. The number of hydrogen-bond acceptors (Lipinski definition) is 5. The Morgan fingerprint density at radius 1 is 1.50 bits per heavy atom. The van der Waals surface area contributed by atoms with E-state index in [4.69, 9.17) is 9.94 Å². The second kappa shape index (κ2) is 5.70. The van der Waals surface area contributed by atoms with E-state index in [2.05, 4.69) is 10.5 Å². The number of ether oxygens (including phenoxy) is 1. The smallest absolute Gasteiger partial charge is 0.410 e. The number of amides is 2. The molecule has 0 radical (unpaired) electrons. The van der Waals surface area contributed by atoms with Gasteiger partial charge in [-0.2, -0.15) is 0 Å². The first-order valence-electron chi connectivity index (χ1n) is 5.77. The van der Waals surface area contributed by atoms with Gasteiger partial charge < -0.3 is 20.2 Å². The minimum Gasteiger partial charge on any atom is -0.444 e. The highest BCUT2D eigenvalue weighted by Gasteiger charge is 2.30. The van der Waals surface area contributed by atoms with Gasteiger partial charge in [0.1, 0.15) is 11.8 Å². The van der Waals surface area contributed by atoms with Crippen LogP contribution >= 0.6 is 0 Å². The van der Waals surface area contributed by atoms with E-state index in [0.717, 1.165) is 6.21 Å². The fourth-order valence-corrected chi connectivity index (χ4v) is 1.66. The number of carbonyl (C=O) groups excluding carboxylic acids is 2. The molecule has 0 aromatic carbocycles. The molecule has 0 bridgehead atoms. The van der Waals surface area contributed by atoms with Crippen molar-refractivity contribution in [1.82, 2.24) is 10.2 Å². The zero-order valence-corrected chi connectivity index (χ0v) is 10.8. The maximum atomic E-state index is 11.7. The van der Waals surface area contributed by atoms with Crippen LogP contribution in [0.3, 0.4) is 0 Å². The lowest BCUT2D eigenvalue weighted by molar-refractivity contribution is -0.115. The molecule has 0 aromatic heterocycles. The Morgan fingerprint density at radius 2 is 2.17 bits per heavy atom. The van der Waals surface area contributed by atoms with Gasteiger partial charge in [-0.15, -0.1) is 0 Å². The van der Waals surface area contributed by atoms with E-state index in [-0.39, 0.29) is 12.1 Å². The van der Waals surface area contributed by atoms with E-state index < -0.39 is 11.5 Å². The van der Waals surface area contributed by atoms with E-state index in [1.807, 2.05) is 0 Å². The van der Waals surface area contributed by atoms with Gasteiger partial charge in [-0.05, 0) is 27.2 Å². The molecule has 0 saturated carbocycles. The van der Waals surface area contributed by atoms with Gasteiger partial charge in [-0.1, -0.05) is 5.16 Å². The van der Waals surface area contributed by atoms with Crippen LogP contribution in [0, 0.1) is 0 Å². The fourth-order valence-electron chi connectivity index (χ4n) is 1.66. The van der Waals surface area contributed by atoms with Crippen LogP contribution in [0.25, 0.3) is 0 Å². The highest BCUT2D eigenvalue weighted by molar-refractivity contribution is 6.26. The average molecular weight is 257 g/mol. The van der Waals surface area contributed by atoms with E-state index >= 15 is 0 Å². The normalized spacial score (nSPS) is 20.2. The first-order valence-corrected chi connectivity index (χ1v) is 5.77.